The van der Waals surface area contributed by atoms with Gasteiger partial charge in [-0.05, 0) is 63.1 Å². The zero-order valence-corrected chi connectivity index (χ0v) is 16.6. The van der Waals surface area contributed by atoms with Crippen LogP contribution in [0.2, 0.25) is 0 Å². The van der Waals surface area contributed by atoms with E-state index in [0.29, 0.717) is 12.4 Å². The lowest BCUT2D eigenvalue weighted by molar-refractivity contribution is -0.123. The topological polar surface area (TPSA) is 47.6 Å². The van der Waals surface area contributed by atoms with Gasteiger partial charge in [0.25, 0.3) is 5.91 Å². The van der Waals surface area contributed by atoms with Crippen LogP contribution in [0.5, 0.6) is 11.5 Å². The molecule has 2 rings (SSSR count). The molecular formula is C20H24BrNO3. The van der Waals surface area contributed by atoms with Gasteiger partial charge in [-0.3, -0.25) is 4.79 Å². The number of rotatable bonds is 7. The molecule has 0 saturated carbocycles. The Morgan fingerprint density at radius 2 is 1.64 bits per heavy atom. The van der Waals surface area contributed by atoms with Crippen molar-refractivity contribution in [2.45, 2.75) is 33.7 Å². The van der Waals surface area contributed by atoms with E-state index < -0.39 is 0 Å². The van der Waals surface area contributed by atoms with Crippen LogP contribution in [0.4, 0.5) is 0 Å². The molecule has 134 valence electrons. The summed E-state index contributed by atoms with van der Waals surface area (Å²) in [7, 11) is 0. The predicted molar refractivity (Wildman–Crippen MR) is 103 cm³/mol. The van der Waals surface area contributed by atoms with Gasteiger partial charge in [0.05, 0.1) is 6.04 Å². The molecule has 0 unspecified atom stereocenters. The molecule has 4 nitrogen and oxygen atoms in total. The molecule has 0 aliphatic heterocycles. The number of aryl methyl sites for hydroxylation is 3. The average Bonchev–Trinajstić information content (AvgIpc) is 2.57. The molecule has 0 bridgehead atoms. The smallest absolute Gasteiger partial charge is 0.258 e. The maximum absolute atomic E-state index is 12.0. The lowest BCUT2D eigenvalue weighted by Gasteiger charge is -2.16. The van der Waals surface area contributed by atoms with E-state index in [1.165, 1.54) is 5.56 Å². The van der Waals surface area contributed by atoms with Crippen LogP contribution in [0.3, 0.4) is 0 Å². The zero-order valence-electron chi connectivity index (χ0n) is 15.1. The zero-order chi connectivity index (χ0) is 18.4. The molecule has 2 aromatic rings. The van der Waals surface area contributed by atoms with Crippen LogP contribution >= 0.6 is 15.9 Å². The van der Waals surface area contributed by atoms with E-state index in [9.17, 15) is 4.79 Å². The number of carbonyl (C=O) groups is 1. The van der Waals surface area contributed by atoms with Gasteiger partial charge in [-0.1, -0.05) is 33.6 Å². The summed E-state index contributed by atoms with van der Waals surface area (Å²) in [4.78, 5) is 12.0. The molecule has 0 heterocycles. The van der Waals surface area contributed by atoms with Gasteiger partial charge >= 0.3 is 0 Å². The number of benzene rings is 2. The van der Waals surface area contributed by atoms with Crippen LogP contribution in [0.15, 0.2) is 40.9 Å². The fraction of sp³-hybridized carbons (Fsp3) is 0.350. The van der Waals surface area contributed by atoms with E-state index in [2.05, 4.69) is 21.2 Å². The Morgan fingerprint density at radius 1 is 1.04 bits per heavy atom. The quantitative estimate of drug-likeness (QED) is 0.745. The molecule has 0 spiro atoms. The summed E-state index contributed by atoms with van der Waals surface area (Å²) in [5, 5.41) is 2.87. The highest BCUT2D eigenvalue weighted by Gasteiger charge is 2.10. The monoisotopic (exact) mass is 405 g/mol. The lowest BCUT2D eigenvalue weighted by atomic mass is 10.1. The number of ether oxygens (including phenoxy) is 2. The van der Waals surface area contributed by atoms with Crippen LogP contribution in [-0.4, -0.2) is 25.2 Å². The Labute approximate surface area is 157 Å². The minimum atomic E-state index is -0.168. The highest BCUT2D eigenvalue weighted by atomic mass is 79.9. The summed E-state index contributed by atoms with van der Waals surface area (Å²) in [6, 6.07) is 11.5. The second-order valence-corrected chi connectivity index (χ2v) is 7.05. The van der Waals surface area contributed by atoms with E-state index in [-0.39, 0.29) is 18.6 Å². The van der Waals surface area contributed by atoms with Crippen molar-refractivity contribution in [3.8, 4) is 11.5 Å². The number of hydrogen-bond donors (Lipinski definition) is 1. The second kappa shape index (κ2) is 8.90. The lowest BCUT2D eigenvalue weighted by Crippen LogP contribution is -2.39. The molecule has 1 N–H and O–H groups in total. The highest BCUT2D eigenvalue weighted by Crippen LogP contribution is 2.26. The van der Waals surface area contributed by atoms with Crippen LogP contribution in [0.1, 0.15) is 23.6 Å². The van der Waals surface area contributed by atoms with Gasteiger partial charge in [0, 0.05) is 4.47 Å². The Balaban J connectivity index is 1.76. The van der Waals surface area contributed by atoms with E-state index >= 15 is 0 Å². The van der Waals surface area contributed by atoms with Gasteiger partial charge < -0.3 is 14.8 Å². The largest absolute Gasteiger partial charge is 0.491 e. The molecule has 1 amide bonds. The molecule has 1 atom stereocenters. The Morgan fingerprint density at radius 3 is 2.24 bits per heavy atom. The number of hydrogen-bond acceptors (Lipinski definition) is 3. The van der Waals surface area contributed by atoms with Gasteiger partial charge in [0.15, 0.2) is 6.61 Å². The van der Waals surface area contributed by atoms with Gasteiger partial charge in [-0.15, -0.1) is 0 Å². The standard InChI is InChI=1S/C20H24BrNO3/c1-13-5-7-17(8-6-13)24-11-16(4)22-19(23)12-25-18-9-14(2)20(21)15(3)10-18/h5-10,16H,11-12H2,1-4H3,(H,22,23)/t16-/m1/s1. The first-order valence-corrected chi connectivity index (χ1v) is 9.03. The van der Waals surface area contributed by atoms with Crippen molar-refractivity contribution < 1.29 is 14.3 Å². The Kier molecular flexibility index (Phi) is 6.88. The molecule has 25 heavy (non-hydrogen) atoms. The molecule has 0 aliphatic carbocycles. The number of nitrogens with one attached hydrogen (secondary N) is 1. The third-order valence-corrected chi connectivity index (χ3v) is 4.96. The minimum absolute atomic E-state index is 0.0185. The predicted octanol–water partition coefficient (Wildman–Crippen LogP) is 4.34. The maximum Gasteiger partial charge on any atom is 0.258 e. The van der Waals surface area contributed by atoms with Gasteiger partial charge in [0.2, 0.25) is 0 Å². The molecule has 0 aromatic heterocycles. The van der Waals surface area contributed by atoms with Gasteiger partial charge in [0.1, 0.15) is 18.1 Å². The van der Waals surface area contributed by atoms with Crippen molar-refractivity contribution >= 4 is 21.8 Å². The first-order chi connectivity index (χ1) is 11.8. The van der Waals surface area contributed by atoms with E-state index in [4.69, 9.17) is 9.47 Å². The van der Waals surface area contributed by atoms with Crippen molar-refractivity contribution in [3.05, 3.63) is 57.6 Å². The number of halogens is 1. The van der Waals surface area contributed by atoms with Crippen molar-refractivity contribution in [2.24, 2.45) is 0 Å². The fourth-order valence-electron chi connectivity index (χ4n) is 2.35. The molecule has 0 saturated heterocycles. The molecule has 2 aromatic carbocycles. The van der Waals surface area contributed by atoms with Crippen LogP contribution in [-0.2, 0) is 4.79 Å². The number of carbonyl (C=O) groups excluding carboxylic acids is 1. The van der Waals surface area contributed by atoms with E-state index in [0.717, 1.165) is 21.3 Å². The Hall–Kier alpha value is -2.01. The minimum Gasteiger partial charge on any atom is -0.491 e. The van der Waals surface area contributed by atoms with Crippen LogP contribution < -0.4 is 14.8 Å². The van der Waals surface area contributed by atoms with Gasteiger partial charge in [-0.2, -0.15) is 0 Å². The van der Waals surface area contributed by atoms with E-state index in [1.54, 1.807) is 0 Å². The molecule has 0 fully saturated rings. The normalized spacial score (nSPS) is 11.7. The molecule has 0 radical (unpaired) electrons. The second-order valence-electron chi connectivity index (χ2n) is 6.25. The highest BCUT2D eigenvalue weighted by molar-refractivity contribution is 9.10. The van der Waals surface area contributed by atoms with Crippen molar-refractivity contribution in [2.75, 3.05) is 13.2 Å². The first kappa shape index (κ1) is 19.3. The number of amides is 1. The molecular weight excluding hydrogens is 382 g/mol. The fourth-order valence-corrected chi connectivity index (χ4v) is 2.58. The van der Waals surface area contributed by atoms with Crippen molar-refractivity contribution in [3.63, 3.8) is 0 Å². The SMILES string of the molecule is Cc1ccc(OC[C@@H](C)NC(=O)COc2cc(C)c(Br)c(C)c2)cc1. The van der Waals surface area contributed by atoms with Crippen molar-refractivity contribution in [1.82, 2.24) is 5.32 Å². The van der Waals surface area contributed by atoms with E-state index in [1.807, 2.05) is 64.1 Å². The van der Waals surface area contributed by atoms with Gasteiger partial charge in [-0.25, -0.2) is 0 Å². The molecule has 0 aliphatic rings. The third kappa shape index (κ3) is 6.09. The summed E-state index contributed by atoms with van der Waals surface area (Å²) in [5.41, 5.74) is 3.34. The summed E-state index contributed by atoms with van der Waals surface area (Å²) < 4.78 is 12.3. The summed E-state index contributed by atoms with van der Waals surface area (Å²) in [5.74, 6) is 1.32. The average molecular weight is 406 g/mol. The Bertz CT molecular complexity index is 705. The van der Waals surface area contributed by atoms with Crippen molar-refractivity contribution in [1.29, 1.82) is 0 Å². The molecule has 5 heteroatoms. The summed E-state index contributed by atoms with van der Waals surface area (Å²) in [6.07, 6.45) is 0. The summed E-state index contributed by atoms with van der Waals surface area (Å²) >= 11 is 3.52. The summed E-state index contributed by atoms with van der Waals surface area (Å²) in [6.45, 7) is 8.31. The first-order valence-electron chi connectivity index (χ1n) is 8.23. The maximum atomic E-state index is 12.0. The van der Waals surface area contributed by atoms with Crippen LogP contribution in [0, 0.1) is 20.8 Å². The third-order valence-electron chi connectivity index (χ3n) is 3.71. The van der Waals surface area contributed by atoms with Crippen LogP contribution in [0.25, 0.3) is 0 Å².